The molecule has 1 aromatic carbocycles. The molecule has 0 unspecified atom stereocenters. The van der Waals surface area contributed by atoms with Crippen molar-refractivity contribution in [3.8, 4) is 0 Å². The third-order valence-electron chi connectivity index (χ3n) is 2.74. The van der Waals surface area contributed by atoms with Gasteiger partial charge in [-0.3, -0.25) is 0 Å². The molecule has 0 fully saturated rings. The maximum Gasteiger partial charge on any atom is 0.113 e. The minimum Gasteiger partial charge on any atom is -0.335 e. The molecule has 0 spiro atoms. The molecule has 0 aliphatic rings. The fraction of sp³-hybridized carbons (Fsp3) is 0.214. The molecule has 0 radical (unpaired) electrons. The van der Waals surface area contributed by atoms with Crippen molar-refractivity contribution < 1.29 is 0 Å². The van der Waals surface area contributed by atoms with Crippen LogP contribution in [0.4, 0.5) is 0 Å². The molecule has 82 valence electrons. The second kappa shape index (κ2) is 4.79. The van der Waals surface area contributed by atoms with E-state index >= 15 is 0 Å². The van der Waals surface area contributed by atoms with Gasteiger partial charge in [0.25, 0.3) is 0 Å². The highest BCUT2D eigenvalue weighted by Gasteiger charge is 2.05. The van der Waals surface area contributed by atoms with Gasteiger partial charge < -0.3 is 4.57 Å². The normalized spacial score (nSPS) is 10.3. The first-order valence-electron chi connectivity index (χ1n) is 5.45. The lowest BCUT2D eigenvalue weighted by Crippen LogP contribution is -2.02. The Morgan fingerprint density at radius 2 is 2.06 bits per heavy atom. The number of rotatable bonds is 4. The molecular weight excluding hydrogens is 196 g/mol. The predicted molar refractivity (Wildman–Crippen MR) is 66.4 cm³/mol. The van der Waals surface area contributed by atoms with Crippen LogP contribution in [0.5, 0.6) is 0 Å². The maximum absolute atomic E-state index is 4.44. The lowest BCUT2D eigenvalue weighted by molar-refractivity contribution is 0.785. The molecule has 2 rings (SSSR count). The number of benzene rings is 1. The summed E-state index contributed by atoms with van der Waals surface area (Å²) in [5, 5.41) is 0. The van der Waals surface area contributed by atoms with Gasteiger partial charge in [-0.2, -0.15) is 0 Å². The molecule has 1 heterocycles. The zero-order valence-corrected chi connectivity index (χ0v) is 9.56. The number of imidazole rings is 1. The molecule has 1 aromatic heterocycles. The molecule has 0 amide bonds. The highest BCUT2D eigenvalue weighted by molar-refractivity contribution is 5.20. The van der Waals surface area contributed by atoms with Gasteiger partial charge >= 0.3 is 0 Å². The number of nitrogens with zero attached hydrogens (tertiary/aromatic N) is 2. The standard InChI is InChI=1S/C14H16N2/c1-3-7-13-11-15-14(16(13)2)10-12-8-5-4-6-9-12/h3-6,8-9,11H,1,7,10H2,2H3. The van der Waals surface area contributed by atoms with Crippen LogP contribution in [-0.4, -0.2) is 9.55 Å². The largest absolute Gasteiger partial charge is 0.335 e. The number of allylic oxidation sites excluding steroid dienone is 1. The monoisotopic (exact) mass is 212 g/mol. The first-order chi connectivity index (χ1) is 7.81. The lowest BCUT2D eigenvalue weighted by atomic mass is 10.1. The molecular formula is C14H16N2. The summed E-state index contributed by atoms with van der Waals surface area (Å²) in [7, 11) is 2.06. The number of hydrogen-bond acceptors (Lipinski definition) is 1. The quantitative estimate of drug-likeness (QED) is 0.712. The summed E-state index contributed by atoms with van der Waals surface area (Å²) in [4.78, 5) is 4.44. The first-order valence-corrected chi connectivity index (χ1v) is 5.45. The Morgan fingerprint density at radius 1 is 1.31 bits per heavy atom. The average molecular weight is 212 g/mol. The van der Waals surface area contributed by atoms with E-state index in [0.717, 1.165) is 18.7 Å². The fourth-order valence-corrected chi connectivity index (χ4v) is 1.77. The van der Waals surface area contributed by atoms with Crippen LogP contribution < -0.4 is 0 Å². The SMILES string of the molecule is C=CCc1cnc(Cc2ccccc2)n1C. The van der Waals surface area contributed by atoms with Crippen LogP contribution in [0.25, 0.3) is 0 Å². The first kappa shape index (κ1) is 10.7. The van der Waals surface area contributed by atoms with Gasteiger partial charge in [0.05, 0.1) is 0 Å². The molecule has 16 heavy (non-hydrogen) atoms. The van der Waals surface area contributed by atoms with Crippen LogP contribution in [0.1, 0.15) is 17.1 Å². The van der Waals surface area contributed by atoms with Crippen LogP contribution in [-0.2, 0) is 19.9 Å². The van der Waals surface area contributed by atoms with Crippen LogP contribution in [0.2, 0.25) is 0 Å². The fourth-order valence-electron chi connectivity index (χ4n) is 1.77. The van der Waals surface area contributed by atoms with Crippen LogP contribution >= 0.6 is 0 Å². The van der Waals surface area contributed by atoms with E-state index in [4.69, 9.17) is 0 Å². The van der Waals surface area contributed by atoms with Gasteiger partial charge in [0, 0.05) is 31.8 Å². The number of aromatic nitrogens is 2. The van der Waals surface area contributed by atoms with Crippen molar-refractivity contribution >= 4 is 0 Å². The van der Waals surface area contributed by atoms with E-state index in [2.05, 4.69) is 47.4 Å². The second-order valence-corrected chi connectivity index (χ2v) is 3.88. The van der Waals surface area contributed by atoms with Crippen molar-refractivity contribution in [2.75, 3.05) is 0 Å². The van der Waals surface area contributed by atoms with E-state index in [1.165, 1.54) is 11.3 Å². The van der Waals surface area contributed by atoms with Crippen molar-refractivity contribution in [1.29, 1.82) is 0 Å². The van der Waals surface area contributed by atoms with Gasteiger partial charge in [-0.1, -0.05) is 36.4 Å². The minimum absolute atomic E-state index is 0.873. The topological polar surface area (TPSA) is 17.8 Å². The summed E-state index contributed by atoms with van der Waals surface area (Å²) < 4.78 is 2.15. The van der Waals surface area contributed by atoms with Crippen molar-refractivity contribution in [2.24, 2.45) is 7.05 Å². The van der Waals surface area contributed by atoms with Gasteiger partial charge in [0.1, 0.15) is 5.82 Å². The van der Waals surface area contributed by atoms with Gasteiger partial charge in [0.2, 0.25) is 0 Å². The summed E-state index contributed by atoms with van der Waals surface area (Å²) in [6.07, 6.45) is 5.59. The lowest BCUT2D eigenvalue weighted by Gasteiger charge is -2.04. The molecule has 0 atom stereocenters. The Morgan fingerprint density at radius 3 is 2.75 bits per heavy atom. The highest BCUT2D eigenvalue weighted by atomic mass is 15.1. The van der Waals surface area contributed by atoms with E-state index in [1.807, 2.05) is 18.3 Å². The third kappa shape index (κ3) is 2.22. The zero-order chi connectivity index (χ0) is 11.4. The van der Waals surface area contributed by atoms with Crippen LogP contribution in [0, 0.1) is 0 Å². The Hall–Kier alpha value is -1.83. The van der Waals surface area contributed by atoms with Gasteiger partial charge in [0.15, 0.2) is 0 Å². The summed E-state index contributed by atoms with van der Waals surface area (Å²) in [5.41, 5.74) is 2.50. The van der Waals surface area contributed by atoms with Gasteiger partial charge in [-0.15, -0.1) is 6.58 Å². The Balaban J connectivity index is 2.19. The van der Waals surface area contributed by atoms with Crippen molar-refractivity contribution in [3.05, 3.63) is 66.3 Å². The maximum atomic E-state index is 4.44. The summed E-state index contributed by atoms with van der Waals surface area (Å²) in [5.74, 6) is 1.10. The van der Waals surface area contributed by atoms with Gasteiger partial charge in [-0.05, 0) is 5.56 Å². The molecule has 2 aromatic rings. The summed E-state index contributed by atoms with van der Waals surface area (Å²) >= 11 is 0. The predicted octanol–water partition coefficient (Wildman–Crippen LogP) is 2.74. The minimum atomic E-state index is 0.873. The molecule has 0 aliphatic carbocycles. The van der Waals surface area contributed by atoms with Crippen LogP contribution in [0.3, 0.4) is 0 Å². The highest BCUT2D eigenvalue weighted by Crippen LogP contribution is 2.10. The molecule has 0 N–H and O–H groups in total. The van der Waals surface area contributed by atoms with Crippen molar-refractivity contribution in [2.45, 2.75) is 12.8 Å². The van der Waals surface area contributed by atoms with E-state index < -0.39 is 0 Å². The smallest absolute Gasteiger partial charge is 0.113 e. The Kier molecular flexibility index (Phi) is 3.20. The van der Waals surface area contributed by atoms with E-state index in [0.29, 0.717) is 0 Å². The van der Waals surface area contributed by atoms with Crippen LogP contribution in [0.15, 0.2) is 49.2 Å². The Labute approximate surface area is 96.3 Å². The molecule has 0 bridgehead atoms. The number of hydrogen-bond donors (Lipinski definition) is 0. The second-order valence-electron chi connectivity index (χ2n) is 3.88. The van der Waals surface area contributed by atoms with E-state index in [-0.39, 0.29) is 0 Å². The third-order valence-corrected chi connectivity index (χ3v) is 2.74. The van der Waals surface area contributed by atoms with E-state index in [1.54, 1.807) is 0 Å². The molecule has 0 saturated heterocycles. The summed E-state index contributed by atoms with van der Waals surface area (Å²) in [6, 6.07) is 10.4. The van der Waals surface area contributed by atoms with Crippen molar-refractivity contribution in [1.82, 2.24) is 9.55 Å². The Bertz CT molecular complexity index is 469. The summed E-state index contributed by atoms with van der Waals surface area (Å²) in [6.45, 7) is 3.75. The molecule has 2 nitrogen and oxygen atoms in total. The van der Waals surface area contributed by atoms with E-state index in [9.17, 15) is 0 Å². The average Bonchev–Trinajstić information content (AvgIpc) is 2.64. The molecule has 2 heteroatoms. The zero-order valence-electron chi connectivity index (χ0n) is 9.56. The van der Waals surface area contributed by atoms with Gasteiger partial charge in [-0.25, -0.2) is 4.98 Å². The molecule has 0 saturated carbocycles. The van der Waals surface area contributed by atoms with Crippen molar-refractivity contribution in [3.63, 3.8) is 0 Å². The molecule has 0 aliphatic heterocycles.